The number of hydrogen-bond donors (Lipinski definition) is 1. The fraction of sp³-hybridized carbons (Fsp3) is 0.550. The number of ether oxygens (including phenoxy) is 1. The first-order chi connectivity index (χ1) is 13.2. The maximum atomic E-state index is 14.3. The van der Waals surface area contributed by atoms with Crippen LogP contribution >= 0.6 is 11.8 Å². The Balaban J connectivity index is 1.56. The number of carbonyl (C=O) groups excluding carboxylic acids is 1. The Bertz CT molecular complexity index is 828. The Labute approximate surface area is 169 Å². The van der Waals surface area contributed by atoms with Crippen molar-refractivity contribution in [1.82, 2.24) is 20.3 Å². The molecule has 1 aliphatic carbocycles. The van der Waals surface area contributed by atoms with Crippen molar-refractivity contribution in [2.45, 2.75) is 64.0 Å². The maximum Gasteiger partial charge on any atom is 0.407 e. The van der Waals surface area contributed by atoms with E-state index in [0.717, 1.165) is 24.2 Å². The molecule has 0 atom stereocenters. The van der Waals surface area contributed by atoms with Crippen LogP contribution in [0.3, 0.4) is 0 Å². The highest BCUT2D eigenvalue weighted by Crippen LogP contribution is 2.33. The molecule has 0 bridgehead atoms. The van der Waals surface area contributed by atoms with E-state index in [4.69, 9.17) is 4.74 Å². The molecule has 0 radical (unpaired) electrons. The second-order valence-corrected chi connectivity index (χ2v) is 9.27. The van der Waals surface area contributed by atoms with Crippen LogP contribution in [0.15, 0.2) is 24.4 Å². The van der Waals surface area contributed by atoms with E-state index in [0.29, 0.717) is 17.0 Å². The predicted octanol–water partition coefficient (Wildman–Crippen LogP) is 4.57. The minimum atomic E-state index is -0.506. The van der Waals surface area contributed by atoms with E-state index in [1.54, 1.807) is 16.4 Å². The second kappa shape index (κ2) is 8.51. The number of halogens is 1. The van der Waals surface area contributed by atoms with E-state index < -0.39 is 11.7 Å². The third kappa shape index (κ3) is 5.25. The van der Waals surface area contributed by atoms with Crippen LogP contribution in [-0.4, -0.2) is 38.5 Å². The molecule has 0 saturated heterocycles. The third-order valence-electron chi connectivity index (χ3n) is 4.53. The van der Waals surface area contributed by atoms with E-state index in [-0.39, 0.29) is 17.9 Å². The number of hydrogen-bond acceptors (Lipinski definition) is 5. The number of rotatable bonds is 6. The van der Waals surface area contributed by atoms with Gasteiger partial charge in [-0.3, -0.25) is 0 Å². The smallest absolute Gasteiger partial charge is 0.407 e. The van der Waals surface area contributed by atoms with Gasteiger partial charge in [0.2, 0.25) is 0 Å². The average molecular weight is 407 g/mol. The Morgan fingerprint density at radius 2 is 2.14 bits per heavy atom. The van der Waals surface area contributed by atoms with Crippen LogP contribution < -0.4 is 5.32 Å². The van der Waals surface area contributed by atoms with Gasteiger partial charge in [0, 0.05) is 17.4 Å². The average Bonchev–Trinajstić information content (AvgIpc) is 3.04. The zero-order valence-corrected chi connectivity index (χ0v) is 17.6. The summed E-state index contributed by atoms with van der Waals surface area (Å²) < 4.78 is 21.3. The molecule has 1 aromatic heterocycles. The summed E-state index contributed by atoms with van der Waals surface area (Å²) in [7, 11) is 0. The molecule has 152 valence electrons. The first-order valence-corrected chi connectivity index (χ1v) is 10.7. The molecule has 1 saturated carbocycles. The summed E-state index contributed by atoms with van der Waals surface area (Å²) in [5, 5.41) is 11.2. The molecule has 0 spiro atoms. The third-order valence-corrected chi connectivity index (χ3v) is 5.45. The number of aromatic nitrogens is 3. The molecule has 28 heavy (non-hydrogen) atoms. The molecule has 0 unspecified atom stereocenters. The van der Waals surface area contributed by atoms with Gasteiger partial charge in [-0.05, 0) is 51.0 Å². The van der Waals surface area contributed by atoms with Crippen molar-refractivity contribution < 1.29 is 13.9 Å². The number of thioether (sulfide) groups is 1. The van der Waals surface area contributed by atoms with E-state index in [1.807, 2.05) is 39.1 Å². The van der Waals surface area contributed by atoms with Gasteiger partial charge in [-0.25, -0.2) is 13.9 Å². The van der Waals surface area contributed by atoms with E-state index in [9.17, 15) is 9.18 Å². The summed E-state index contributed by atoms with van der Waals surface area (Å²) in [6.45, 7) is 7.57. The molecule has 3 rings (SSSR count). The summed E-state index contributed by atoms with van der Waals surface area (Å²) in [4.78, 5) is 11.8. The molecule has 1 aromatic carbocycles. The van der Waals surface area contributed by atoms with Gasteiger partial charge in [-0.1, -0.05) is 24.3 Å². The fourth-order valence-electron chi connectivity index (χ4n) is 3.02. The predicted molar refractivity (Wildman–Crippen MR) is 109 cm³/mol. The van der Waals surface area contributed by atoms with Crippen LogP contribution in [0, 0.1) is 5.82 Å². The van der Waals surface area contributed by atoms with E-state index >= 15 is 0 Å². The zero-order chi connectivity index (χ0) is 20.3. The molecular weight excluding hydrogens is 379 g/mol. The summed E-state index contributed by atoms with van der Waals surface area (Å²) in [6.07, 6.45) is 2.98. The molecule has 1 aliphatic rings. The van der Waals surface area contributed by atoms with Crippen molar-refractivity contribution in [3.63, 3.8) is 0 Å². The minimum absolute atomic E-state index is 0.0697. The molecule has 1 fully saturated rings. The summed E-state index contributed by atoms with van der Waals surface area (Å²) >= 11 is 1.69. The molecule has 2 aromatic rings. The lowest BCUT2D eigenvalue weighted by Gasteiger charge is -2.35. The monoisotopic (exact) mass is 406 g/mol. The van der Waals surface area contributed by atoms with Crippen LogP contribution in [0.4, 0.5) is 9.18 Å². The molecule has 0 aliphatic heterocycles. The quantitative estimate of drug-likeness (QED) is 0.761. The lowest BCUT2D eigenvalue weighted by atomic mass is 9.87. The minimum Gasteiger partial charge on any atom is -0.444 e. The van der Waals surface area contributed by atoms with Crippen LogP contribution in [0.1, 0.15) is 52.1 Å². The maximum absolute atomic E-state index is 14.3. The Hall–Kier alpha value is -2.09. The molecular formula is C20H27FN4O2S. The van der Waals surface area contributed by atoms with Crippen LogP contribution in [0.25, 0.3) is 11.3 Å². The number of nitrogens with zero attached hydrogens (tertiary/aromatic N) is 3. The molecule has 1 heterocycles. The second-order valence-electron chi connectivity index (χ2n) is 8.00. The van der Waals surface area contributed by atoms with Crippen molar-refractivity contribution in [3.05, 3.63) is 35.8 Å². The van der Waals surface area contributed by atoms with Gasteiger partial charge in [0.1, 0.15) is 17.1 Å². The highest BCUT2D eigenvalue weighted by Gasteiger charge is 2.33. The first kappa shape index (κ1) is 20.6. The number of carbonyl (C=O) groups is 1. The molecule has 6 nitrogen and oxygen atoms in total. The van der Waals surface area contributed by atoms with Gasteiger partial charge in [0.05, 0.1) is 12.2 Å². The van der Waals surface area contributed by atoms with E-state index in [2.05, 4.69) is 22.6 Å². The standard InChI is InChI=1S/C20H27FN4O2S/c1-5-28-12-14-7-6-13(8-17(14)21)18-11-25(24-23-18)16-9-15(10-16)22-19(26)27-20(2,3)4/h6-8,11,15-16H,5,9-10,12H2,1-4H3,(H,22,26)/t15-,16+. The largest absolute Gasteiger partial charge is 0.444 e. The Morgan fingerprint density at radius 1 is 1.39 bits per heavy atom. The lowest BCUT2D eigenvalue weighted by molar-refractivity contribution is 0.0452. The summed E-state index contributed by atoms with van der Waals surface area (Å²) in [5.74, 6) is 1.42. The number of benzene rings is 1. The molecule has 8 heteroatoms. The van der Waals surface area contributed by atoms with Gasteiger partial charge in [0.15, 0.2) is 0 Å². The molecule has 1 N–H and O–H groups in total. The van der Waals surface area contributed by atoms with Gasteiger partial charge in [-0.2, -0.15) is 11.8 Å². The fourth-order valence-corrected chi connectivity index (χ4v) is 3.68. The van der Waals surface area contributed by atoms with E-state index in [1.165, 1.54) is 6.07 Å². The number of nitrogens with one attached hydrogen (secondary N) is 1. The van der Waals surface area contributed by atoms with Crippen molar-refractivity contribution in [1.29, 1.82) is 0 Å². The normalized spacial score (nSPS) is 19.2. The zero-order valence-electron chi connectivity index (χ0n) is 16.7. The van der Waals surface area contributed by atoms with Gasteiger partial charge in [-0.15, -0.1) is 5.10 Å². The molecule has 1 amide bonds. The number of alkyl carbamates (subject to hydrolysis) is 1. The van der Waals surface area contributed by atoms with Crippen LogP contribution in [-0.2, 0) is 10.5 Å². The van der Waals surface area contributed by atoms with Crippen molar-refractivity contribution in [3.8, 4) is 11.3 Å². The van der Waals surface area contributed by atoms with Crippen molar-refractivity contribution in [2.75, 3.05) is 5.75 Å². The lowest BCUT2D eigenvalue weighted by Crippen LogP contribution is -2.46. The van der Waals surface area contributed by atoms with Crippen LogP contribution in [0.5, 0.6) is 0 Å². The van der Waals surface area contributed by atoms with Crippen LogP contribution in [0.2, 0.25) is 0 Å². The topological polar surface area (TPSA) is 69.0 Å². The van der Waals surface area contributed by atoms with Gasteiger partial charge >= 0.3 is 6.09 Å². The van der Waals surface area contributed by atoms with Gasteiger partial charge in [0.25, 0.3) is 0 Å². The van der Waals surface area contributed by atoms with Crippen molar-refractivity contribution in [2.24, 2.45) is 0 Å². The van der Waals surface area contributed by atoms with Gasteiger partial charge < -0.3 is 10.1 Å². The Kier molecular flexibility index (Phi) is 6.27. The SMILES string of the molecule is CCSCc1ccc(-c2cn([C@H]3C[C@@H](NC(=O)OC(C)(C)C)C3)nn2)cc1F. The highest BCUT2D eigenvalue weighted by atomic mass is 32.2. The Morgan fingerprint density at radius 3 is 2.79 bits per heavy atom. The van der Waals surface area contributed by atoms with Crippen molar-refractivity contribution >= 4 is 17.9 Å². The number of amides is 1. The summed E-state index contributed by atoms with van der Waals surface area (Å²) in [6, 6.07) is 5.47. The first-order valence-electron chi connectivity index (χ1n) is 9.53. The highest BCUT2D eigenvalue weighted by molar-refractivity contribution is 7.98. The summed E-state index contributed by atoms with van der Waals surface area (Å²) in [5.41, 5.74) is 1.57.